The van der Waals surface area contributed by atoms with Crippen LogP contribution in [0.1, 0.15) is 28.4 Å². The van der Waals surface area contributed by atoms with Gasteiger partial charge in [0.25, 0.3) is 5.91 Å². The van der Waals surface area contributed by atoms with E-state index in [1.165, 1.54) is 0 Å². The van der Waals surface area contributed by atoms with Gasteiger partial charge < -0.3 is 9.88 Å². The quantitative estimate of drug-likeness (QED) is 0.670. The standard InChI is InChI=1S/C20H18Cl2N2O2/c1-4-24-10-14(19(25)13-8-9-16(22)12(3)18(13)24)20(26)23-17-7-5-6-15(21)11(17)2/h5-10H,4H2,1-3H3,(H,23,26). The van der Waals surface area contributed by atoms with Gasteiger partial charge in [-0.25, -0.2) is 0 Å². The summed E-state index contributed by atoms with van der Waals surface area (Å²) in [6.45, 7) is 6.24. The maximum absolute atomic E-state index is 12.9. The lowest BCUT2D eigenvalue weighted by Gasteiger charge is -2.15. The molecule has 3 aromatic rings. The van der Waals surface area contributed by atoms with E-state index < -0.39 is 5.91 Å². The number of nitrogens with zero attached hydrogens (tertiary/aromatic N) is 1. The van der Waals surface area contributed by atoms with E-state index in [4.69, 9.17) is 23.2 Å². The van der Waals surface area contributed by atoms with Crippen molar-refractivity contribution >= 4 is 45.7 Å². The second-order valence-corrected chi connectivity index (χ2v) is 6.91. The number of aryl methyl sites for hydroxylation is 2. The highest BCUT2D eigenvalue weighted by Gasteiger charge is 2.18. The lowest BCUT2D eigenvalue weighted by Crippen LogP contribution is -2.24. The summed E-state index contributed by atoms with van der Waals surface area (Å²) in [7, 11) is 0. The Morgan fingerprint density at radius 2 is 1.77 bits per heavy atom. The fourth-order valence-electron chi connectivity index (χ4n) is 3.00. The highest BCUT2D eigenvalue weighted by Crippen LogP contribution is 2.25. The van der Waals surface area contributed by atoms with Gasteiger partial charge in [-0.3, -0.25) is 9.59 Å². The number of benzene rings is 2. The average Bonchev–Trinajstić information content (AvgIpc) is 2.62. The second kappa shape index (κ2) is 7.14. The van der Waals surface area contributed by atoms with E-state index in [1.54, 1.807) is 36.5 Å². The fraction of sp³-hybridized carbons (Fsp3) is 0.200. The highest BCUT2D eigenvalue weighted by molar-refractivity contribution is 6.32. The molecule has 0 aliphatic carbocycles. The lowest BCUT2D eigenvalue weighted by atomic mass is 10.1. The van der Waals surface area contributed by atoms with Crippen molar-refractivity contribution in [2.45, 2.75) is 27.3 Å². The number of carbonyl (C=O) groups excluding carboxylic acids is 1. The molecule has 1 aromatic heterocycles. The molecule has 1 amide bonds. The Hall–Kier alpha value is -2.30. The molecule has 0 atom stereocenters. The Labute approximate surface area is 161 Å². The highest BCUT2D eigenvalue weighted by atomic mass is 35.5. The first-order chi connectivity index (χ1) is 12.3. The molecule has 6 heteroatoms. The minimum atomic E-state index is -0.461. The summed E-state index contributed by atoms with van der Waals surface area (Å²) in [5, 5.41) is 4.41. The van der Waals surface area contributed by atoms with Crippen LogP contribution in [0.2, 0.25) is 10.0 Å². The van der Waals surface area contributed by atoms with Gasteiger partial charge in [0.15, 0.2) is 0 Å². The Morgan fingerprint density at radius 1 is 1.08 bits per heavy atom. The first-order valence-corrected chi connectivity index (χ1v) is 8.99. The molecule has 1 N–H and O–H groups in total. The third kappa shape index (κ3) is 3.11. The molecule has 26 heavy (non-hydrogen) atoms. The van der Waals surface area contributed by atoms with Crippen molar-refractivity contribution in [2.24, 2.45) is 0 Å². The molecule has 1 heterocycles. The predicted octanol–water partition coefficient (Wildman–Crippen LogP) is 5.20. The summed E-state index contributed by atoms with van der Waals surface area (Å²) < 4.78 is 1.87. The first kappa shape index (κ1) is 18.5. The zero-order valence-corrected chi connectivity index (χ0v) is 16.2. The minimum Gasteiger partial charge on any atom is -0.346 e. The number of hydrogen-bond donors (Lipinski definition) is 1. The second-order valence-electron chi connectivity index (χ2n) is 6.09. The van der Waals surface area contributed by atoms with E-state index in [0.29, 0.717) is 27.7 Å². The lowest BCUT2D eigenvalue weighted by molar-refractivity contribution is 0.102. The number of amides is 1. The van der Waals surface area contributed by atoms with Gasteiger partial charge in [-0.1, -0.05) is 29.3 Å². The fourth-order valence-corrected chi connectivity index (χ4v) is 3.32. The van der Waals surface area contributed by atoms with Crippen LogP contribution in [-0.4, -0.2) is 10.5 Å². The van der Waals surface area contributed by atoms with Gasteiger partial charge in [0.05, 0.1) is 5.52 Å². The summed E-state index contributed by atoms with van der Waals surface area (Å²) in [4.78, 5) is 25.7. The molecule has 0 radical (unpaired) electrons. The van der Waals surface area contributed by atoms with Crippen LogP contribution in [0, 0.1) is 13.8 Å². The Balaban J connectivity index is 2.15. The van der Waals surface area contributed by atoms with Crippen LogP contribution >= 0.6 is 23.2 Å². The molecule has 0 aliphatic rings. The van der Waals surface area contributed by atoms with Crippen LogP contribution in [-0.2, 0) is 6.54 Å². The number of fused-ring (bicyclic) bond motifs is 1. The molecule has 0 saturated heterocycles. The zero-order valence-electron chi connectivity index (χ0n) is 14.7. The molecular formula is C20H18Cl2N2O2. The van der Waals surface area contributed by atoms with Crippen molar-refractivity contribution in [2.75, 3.05) is 5.32 Å². The summed E-state index contributed by atoms with van der Waals surface area (Å²) in [5.41, 5.74) is 2.67. The number of anilines is 1. The molecule has 0 bridgehead atoms. The van der Waals surface area contributed by atoms with E-state index in [1.807, 2.05) is 25.3 Å². The van der Waals surface area contributed by atoms with E-state index >= 15 is 0 Å². The number of carbonyl (C=O) groups is 1. The van der Waals surface area contributed by atoms with Gasteiger partial charge >= 0.3 is 0 Å². The van der Waals surface area contributed by atoms with Gasteiger partial charge in [-0.2, -0.15) is 0 Å². The number of halogens is 2. The predicted molar refractivity (Wildman–Crippen MR) is 108 cm³/mol. The van der Waals surface area contributed by atoms with E-state index in [2.05, 4.69) is 5.32 Å². The molecule has 0 fully saturated rings. The van der Waals surface area contributed by atoms with Gasteiger partial charge in [0.1, 0.15) is 5.56 Å². The topological polar surface area (TPSA) is 51.1 Å². The van der Waals surface area contributed by atoms with Crippen molar-refractivity contribution in [1.29, 1.82) is 0 Å². The van der Waals surface area contributed by atoms with Crippen LogP contribution in [0.25, 0.3) is 10.9 Å². The van der Waals surface area contributed by atoms with Crippen molar-refractivity contribution in [1.82, 2.24) is 4.57 Å². The maximum Gasteiger partial charge on any atom is 0.261 e. The third-order valence-corrected chi connectivity index (χ3v) is 5.35. The number of nitrogens with one attached hydrogen (secondary N) is 1. The average molecular weight is 389 g/mol. The number of pyridine rings is 1. The van der Waals surface area contributed by atoms with Crippen LogP contribution in [0.15, 0.2) is 41.3 Å². The number of hydrogen-bond acceptors (Lipinski definition) is 2. The van der Waals surface area contributed by atoms with Crippen LogP contribution < -0.4 is 10.7 Å². The molecule has 134 valence electrons. The molecule has 4 nitrogen and oxygen atoms in total. The normalized spacial score (nSPS) is 11.0. The van der Waals surface area contributed by atoms with Crippen molar-refractivity contribution in [3.63, 3.8) is 0 Å². The Bertz CT molecular complexity index is 1090. The van der Waals surface area contributed by atoms with E-state index in [0.717, 1.165) is 16.6 Å². The third-order valence-electron chi connectivity index (χ3n) is 4.53. The summed E-state index contributed by atoms with van der Waals surface area (Å²) in [5.74, 6) is -0.461. The van der Waals surface area contributed by atoms with Crippen molar-refractivity contribution in [3.8, 4) is 0 Å². The molecular weight excluding hydrogens is 371 g/mol. The monoisotopic (exact) mass is 388 g/mol. The summed E-state index contributed by atoms with van der Waals surface area (Å²) in [6, 6.07) is 8.60. The number of aromatic nitrogens is 1. The van der Waals surface area contributed by atoms with E-state index in [-0.39, 0.29) is 11.0 Å². The molecule has 2 aromatic carbocycles. The minimum absolute atomic E-state index is 0.0837. The molecule has 0 saturated carbocycles. The van der Waals surface area contributed by atoms with Gasteiger partial charge in [0, 0.05) is 33.9 Å². The zero-order chi connectivity index (χ0) is 19.0. The molecule has 0 unspecified atom stereocenters. The van der Waals surface area contributed by atoms with Crippen LogP contribution in [0.5, 0.6) is 0 Å². The molecule has 3 rings (SSSR count). The van der Waals surface area contributed by atoms with Crippen molar-refractivity contribution < 1.29 is 4.79 Å². The van der Waals surface area contributed by atoms with Gasteiger partial charge in [-0.15, -0.1) is 0 Å². The molecule has 0 aliphatic heterocycles. The smallest absolute Gasteiger partial charge is 0.261 e. The first-order valence-electron chi connectivity index (χ1n) is 8.23. The summed E-state index contributed by atoms with van der Waals surface area (Å²) in [6.07, 6.45) is 1.59. The van der Waals surface area contributed by atoms with Gasteiger partial charge in [0.2, 0.25) is 5.43 Å². The van der Waals surface area contributed by atoms with Crippen molar-refractivity contribution in [3.05, 3.63) is 73.5 Å². The number of rotatable bonds is 3. The Kier molecular flexibility index (Phi) is 5.08. The Morgan fingerprint density at radius 3 is 2.46 bits per heavy atom. The summed E-state index contributed by atoms with van der Waals surface area (Å²) >= 11 is 12.3. The maximum atomic E-state index is 12.9. The SMILES string of the molecule is CCn1cc(C(=O)Nc2cccc(Cl)c2C)c(=O)c2ccc(Cl)c(C)c21. The van der Waals surface area contributed by atoms with Gasteiger partial charge in [-0.05, 0) is 56.2 Å². The van der Waals surface area contributed by atoms with E-state index in [9.17, 15) is 9.59 Å². The van der Waals surface area contributed by atoms with Crippen LogP contribution in [0.4, 0.5) is 5.69 Å². The molecule has 0 spiro atoms. The largest absolute Gasteiger partial charge is 0.346 e. The van der Waals surface area contributed by atoms with Crippen LogP contribution in [0.3, 0.4) is 0 Å².